The van der Waals surface area contributed by atoms with Crippen LogP contribution < -0.4 is 66.7 Å². The van der Waals surface area contributed by atoms with Crippen molar-refractivity contribution >= 4 is 30.0 Å². The van der Waals surface area contributed by atoms with Crippen molar-refractivity contribution in [3.05, 3.63) is 309 Å². The normalized spacial score (nSPS) is 16.3. The maximum Gasteiger partial charge on any atom is 1.00 e. The molecule has 25 heteroatoms. The predicted octanol–water partition coefficient (Wildman–Crippen LogP) is 20.0. The number of rotatable bonds is 29. The molecule has 23 nitrogen and oxygen atoms in total. The molecule has 0 saturated carbocycles. The van der Waals surface area contributed by atoms with Crippen LogP contribution >= 0.6 is 0 Å². The Balaban J connectivity index is 0.000000262. The second kappa shape index (κ2) is 62.4. The van der Waals surface area contributed by atoms with Crippen molar-refractivity contribution in [3.8, 4) is 57.5 Å². The Morgan fingerprint density at radius 2 is 0.757 bits per heavy atom. The van der Waals surface area contributed by atoms with E-state index in [0.29, 0.717) is 81.5 Å². The van der Waals surface area contributed by atoms with E-state index in [-0.39, 0.29) is 91.4 Å². The molecule has 3 N–H and O–H groups in total. The summed E-state index contributed by atoms with van der Waals surface area (Å²) in [4.78, 5) is 72.2. The molecule has 0 bridgehead atoms. The summed E-state index contributed by atoms with van der Waals surface area (Å²) in [7, 11) is 6.44. The van der Waals surface area contributed by atoms with Crippen molar-refractivity contribution in [1.82, 2.24) is 25.1 Å². The van der Waals surface area contributed by atoms with E-state index in [1.807, 2.05) is 329 Å². The van der Waals surface area contributed by atoms with Crippen molar-refractivity contribution in [2.45, 2.75) is 200 Å². The third-order valence-electron chi connectivity index (χ3n) is 23.0. The number of aliphatic hydroxyl groups is 2. The SMILES string of the molecule is CC(C)(C)OC(=O)N1CCC[C@@H](C(=O)c2ccccc2Oc2ccccc2)C1.COCCCC[C@@](O)(c1ccccc1Oc1ccccc1)[C@@H]1CCCN(C(=O)OC(C)(C)C)C1.COCCCC[C@@](O)(c1ccccc1Oc1ccccc1)[C@@H]1CCCNC1.CON(C)C(=O)[C@@H]1CCCN(C(=O)OC(C)(C)C)C1.[CH2-]CCC.[Li+].[Li+].[c-]1ccccc1Oc1ccccc1.c1ccc(Oc2ccccc2)cc1. The van der Waals surface area contributed by atoms with Crippen molar-refractivity contribution in [2.75, 3.05) is 93.9 Å². The number of benzene rings is 10. The number of carbonyl (C=O) groups is 5. The fraction of sp³-hybridized carbons (Fsp3) is 0.426. The number of Topliss-reactive ketones (excluding diaryl/α,β-unsaturated/α-hetero) is 1. The molecule has 744 valence electrons. The number of ketones is 1. The average molecular weight is 1900 g/mol. The second-order valence-corrected chi connectivity index (χ2v) is 37.4. The Hall–Kier alpha value is -10.9. The molecule has 4 aliphatic heterocycles. The van der Waals surface area contributed by atoms with Gasteiger partial charge in [0.15, 0.2) is 5.78 Å². The summed E-state index contributed by atoms with van der Waals surface area (Å²) in [5.41, 5.74) is -1.50. The Bertz CT molecular complexity index is 4960. The standard InChI is InChI=1S/C28H39NO5.C23H27NO4.C23H31NO3.C13H24N2O4.C12H10O.C12H9O.C4H9.2Li/c1-27(2,3)34-26(30)29-19-12-13-22(21-29)28(31,18-10-11-20-32-4)24-16-8-9-17-25(24)33-23-14-6-5-7-15-23;1-23(2,3)28-22(26)24-15-9-10-17(16-24)21(25)19-13-7-8-14-20(19)27-18-11-5-4-6-12-18;1-26-17-8-7-15-23(25,19-10-9-16-24-18-19)21-13-5-6-14-22(21)27-20-11-3-2-4-12-20;1-13(2,3)19-12(17)15-8-6-7-10(9-15)11(16)14(4)18-5;2*1-3-7-11(8-4-1)13-12-9-5-2-6-10-12;1-3-4-2;;/h5-9,14-17,22,31H,10-13,18-21H2,1-4H3;4-8,11-14,17H,9-10,15-16H2,1-3H3;2-6,11-14,19,24-25H,7-10,15-18H2,1H3;10H,6-9H2,1-5H3;1-10H;1-9H;1,3-4H2,2H3;;/q;;;;;2*-1;2*+1/t22-,28+;17-;19-,23+;10-;;;;;/m1111...../s1. The molecule has 4 aliphatic rings. The van der Waals surface area contributed by atoms with Crippen LogP contribution in [0.4, 0.5) is 14.4 Å². The number of ether oxygens (including phenoxy) is 10. The van der Waals surface area contributed by atoms with E-state index in [9.17, 15) is 34.2 Å². The van der Waals surface area contributed by atoms with Gasteiger partial charge in [0.1, 0.15) is 68.5 Å². The van der Waals surface area contributed by atoms with Gasteiger partial charge in [0.05, 0.1) is 29.8 Å². The van der Waals surface area contributed by atoms with Crippen LogP contribution in [-0.4, -0.2) is 171 Å². The van der Waals surface area contributed by atoms with Gasteiger partial charge in [-0.2, -0.15) is 24.6 Å². The van der Waals surface area contributed by atoms with E-state index in [0.717, 1.165) is 155 Å². The predicted molar refractivity (Wildman–Crippen MR) is 544 cm³/mol. The Morgan fingerprint density at radius 1 is 0.414 bits per heavy atom. The summed E-state index contributed by atoms with van der Waals surface area (Å²) < 4.78 is 56.3. The smallest absolute Gasteiger partial charge is 0.483 e. The van der Waals surface area contributed by atoms with Crippen molar-refractivity contribution in [1.29, 1.82) is 0 Å². The number of nitrogens with one attached hydrogen (secondary N) is 1. The number of unbranched alkanes of at least 4 members (excludes halogenated alkanes) is 3. The maximum absolute atomic E-state index is 13.2. The molecule has 140 heavy (non-hydrogen) atoms. The summed E-state index contributed by atoms with van der Waals surface area (Å²) in [6, 6.07) is 91.4. The van der Waals surface area contributed by atoms with Crippen LogP contribution in [0, 0.1) is 36.7 Å². The van der Waals surface area contributed by atoms with E-state index in [2.05, 4.69) is 25.2 Å². The van der Waals surface area contributed by atoms with E-state index in [1.165, 1.54) is 18.6 Å². The number of hydrogen-bond donors (Lipinski definition) is 3. The minimum Gasteiger partial charge on any atom is -0.483 e. The van der Waals surface area contributed by atoms with Gasteiger partial charge >= 0.3 is 56.0 Å². The largest absolute Gasteiger partial charge is 1.00 e. The molecule has 0 radical (unpaired) electrons. The van der Waals surface area contributed by atoms with Gasteiger partial charge in [0.25, 0.3) is 5.91 Å². The molecule has 0 unspecified atom stereocenters. The zero-order valence-electron chi connectivity index (χ0n) is 85.7. The van der Waals surface area contributed by atoms with Gasteiger partial charge in [0, 0.05) is 115 Å². The number of hydrogen-bond acceptors (Lipinski definition) is 19. The molecule has 4 amide bonds. The molecule has 10 aromatic carbocycles. The number of nitrogens with zero attached hydrogens (tertiary/aromatic N) is 4. The van der Waals surface area contributed by atoms with E-state index in [4.69, 9.17) is 52.2 Å². The van der Waals surface area contributed by atoms with Crippen LogP contribution in [0.3, 0.4) is 0 Å². The van der Waals surface area contributed by atoms with Crippen LogP contribution in [0.15, 0.2) is 279 Å². The molecular weight excluding hydrogens is 1750 g/mol. The van der Waals surface area contributed by atoms with Gasteiger partial charge in [-0.3, -0.25) is 14.4 Å². The second-order valence-electron chi connectivity index (χ2n) is 37.4. The molecule has 4 saturated heterocycles. The minimum atomic E-state index is -1.15. The number of methoxy groups -OCH3 is 2. The van der Waals surface area contributed by atoms with Crippen molar-refractivity contribution < 1.29 is 124 Å². The summed E-state index contributed by atoms with van der Waals surface area (Å²) in [6.45, 7) is 28.7. The summed E-state index contributed by atoms with van der Waals surface area (Å²) >= 11 is 0. The van der Waals surface area contributed by atoms with Gasteiger partial charge in [-0.05, 0) is 256 Å². The first-order valence-corrected chi connectivity index (χ1v) is 48.5. The Morgan fingerprint density at radius 3 is 1.14 bits per heavy atom. The van der Waals surface area contributed by atoms with Crippen LogP contribution in [0.2, 0.25) is 0 Å². The Kier molecular flexibility index (Phi) is 52.5. The molecule has 4 heterocycles. The molecule has 4 fully saturated rings. The number of hydroxylamine groups is 2. The quantitative estimate of drug-likeness (QED) is 0.00983. The number of para-hydroxylation sites is 10. The first-order chi connectivity index (χ1) is 66.4. The topological polar surface area (TPSA) is 252 Å². The van der Waals surface area contributed by atoms with Crippen LogP contribution in [0.1, 0.15) is 193 Å². The van der Waals surface area contributed by atoms with Crippen LogP contribution in [0.5, 0.6) is 57.5 Å². The first kappa shape index (κ1) is 118. The summed E-state index contributed by atoms with van der Waals surface area (Å²) in [5, 5.41) is 28.9. The van der Waals surface area contributed by atoms with E-state index >= 15 is 0 Å². The number of piperidine rings is 4. The third-order valence-corrected chi connectivity index (χ3v) is 23.0. The van der Waals surface area contributed by atoms with Gasteiger partial charge in [-0.1, -0.05) is 171 Å². The molecule has 6 atom stereocenters. The maximum atomic E-state index is 13.2. The fourth-order valence-corrected chi connectivity index (χ4v) is 16.0. The van der Waals surface area contributed by atoms with E-state index in [1.54, 1.807) is 48.1 Å². The van der Waals surface area contributed by atoms with Gasteiger partial charge in [-0.15, -0.1) is 12.1 Å². The van der Waals surface area contributed by atoms with Crippen molar-refractivity contribution in [3.63, 3.8) is 0 Å². The van der Waals surface area contributed by atoms with Crippen molar-refractivity contribution in [2.24, 2.45) is 23.7 Å². The monoisotopic (exact) mass is 1900 g/mol. The summed E-state index contributed by atoms with van der Waals surface area (Å²) in [5.74, 6) is 6.87. The number of carbonyl (C=O) groups excluding carboxylic acids is 5. The van der Waals surface area contributed by atoms with Gasteiger partial charge in [0.2, 0.25) is 0 Å². The third kappa shape index (κ3) is 41.7. The molecular formula is C115H149Li2N5O18. The zero-order chi connectivity index (χ0) is 99.6. The zero-order valence-corrected chi connectivity index (χ0v) is 85.7. The molecule has 10 aromatic rings. The van der Waals surface area contributed by atoms with Crippen LogP contribution in [0.25, 0.3) is 0 Å². The Labute approximate surface area is 857 Å². The molecule has 0 aliphatic carbocycles. The number of amides is 4. The summed E-state index contributed by atoms with van der Waals surface area (Å²) in [6.07, 6.45) is 12.8. The fourth-order valence-electron chi connectivity index (χ4n) is 16.0. The van der Waals surface area contributed by atoms with Gasteiger partial charge in [-0.25, -0.2) is 19.4 Å². The first-order valence-electron chi connectivity index (χ1n) is 48.5. The molecule has 14 rings (SSSR count). The number of likely N-dealkylation sites (tertiary alicyclic amines) is 3. The van der Waals surface area contributed by atoms with E-state index < -0.39 is 28.0 Å². The minimum absolute atomic E-state index is 0. The molecule has 0 aromatic heterocycles. The van der Waals surface area contributed by atoms with Crippen LogP contribution in [-0.2, 0) is 44.5 Å². The molecule has 0 spiro atoms. The van der Waals surface area contributed by atoms with Gasteiger partial charge < -0.3 is 84.5 Å². The average Bonchev–Trinajstić information content (AvgIpc) is 0.767.